The van der Waals surface area contributed by atoms with E-state index < -0.39 is 0 Å². The van der Waals surface area contributed by atoms with Crippen LogP contribution in [-0.4, -0.2) is 16.3 Å². The number of nitrogens with zero attached hydrogens (tertiary/aromatic N) is 2. The molecule has 0 unspecified atom stereocenters. The lowest BCUT2D eigenvalue weighted by molar-refractivity contribution is 0.589. The molecule has 3 nitrogen and oxygen atoms in total. The summed E-state index contributed by atoms with van der Waals surface area (Å²) in [5, 5.41) is 7.86. The predicted octanol–water partition coefficient (Wildman–Crippen LogP) is 3.34. The Kier molecular flexibility index (Phi) is 4.61. The van der Waals surface area contributed by atoms with Gasteiger partial charge in [0.1, 0.15) is 0 Å². The summed E-state index contributed by atoms with van der Waals surface area (Å²) in [7, 11) is 0. The molecular weight excluding hydrogens is 246 g/mol. The SMILES string of the molecule is CCNCc1ccn(Cc2ccc(C(C)(C)C)cc2)n1. The van der Waals surface area contributed by atoms with E-state index in [-0.39, 0.29) is 5.41 Å². The highest BCUT2D eigenvalue weighted by molar-refractivity contribution is 5.27. The molecule has 1 heterocycles. The van der Waals surface area contributed by atoms with E-state index in [1.54, 1.807) is 0 Å². The molecule has 0 saturated carbocycles. The maximum Gasteiger partial charge on any atom is 0.0762 e. The van der Waals surface area contributed by atoms with Crippen molar-refractivity contribution >= 4 is 0 Å². The van der Waals surface area contributed by atoms with Crippen LogP contribution in [0.2, 0.25) is 0 Å². The fraction of sp³-hybridized carbons (Fsp3) is 0.471. The third-order valence-electron chi connectivity index (χ3n) is 3.42. The van der Waals surface area contributed by atoms with Gasteiger partial charge in [0.25, 0.3) is 0 Å². The molecule has 2 rings (SSSR count). The Morgan fingerprint density at radius 2 is 1.80 bits per heavy atom. The number of hydrogen-bond acceptors (Lipinski definition) is 2. The second kappa shape index (κ2) is 6.23. The summed E-state index contributed by atoms with van der Waals surface area (Å²) in [6, 6.07) is 10.9. The lowest BCUT2D eigenvalue weighted by Gasteiger charge is -2.19. The molecule has 1 aromatic heterocycles. The number of hydrogen-bond donors (Lipinski definition) is 1. The van der Waals surface area contributed by atoms with Crippen molar-refractivity contribution in [1.29, 1.82) is 0 Å². The smallest absolute Gasteiger partial charge is 0.0762 e. The average molecular weight is 271 g/mol. The summed E-state index contributed by atoms with van der Waals surface area (Å²) in [6.07, 6.45) is 2.05. The fourth-order valence-electron chi connectivity index (χ4n) is 2.14. The van der Waals surface area contributed by atoms with E-state index in [0.29, 0.717) is 0 Å². The van der Waals surface area contributed by atoms with E-state index in [1.807, 2.05) is 10.9 Å². The van der Waals surface area contributed by atoms with E-state index in [9.17, 15) is 0 Å². The molecule has 0 aliphatic heterocycles. The third kappa shape index (κ3) is 3.94. The molecule has 0 bridgehead atoms. The van der Waals surface area contributed by atoms with Crippen LogP contribution < -0.4 is 5.32 Å². The molecule has 0 radical (unpaired) electrons. The van der Waals surface area contributed by atoms with Gasteiger partial charge in [-0.2, -0.15) is 5.10 Å². The Hall–Kier alpha value is -1.61. The lowest BCUT2D eigenvalue weighted by Crippen LogP contribution is -2.13. The first-order chi connectivity index (χ1) is 9.49. The maximum absolute atomic E-state index is 4.57. The van der Waals surface area contributed by atoms with Crippen molar-refractivity contribution in [3.63, 3.8) is 0 Å². The molecule has 0 aliphatic rings. The minimum atomic E-state index is 0.212. The van der Waals surface area contributed by atoms with E-state index in [1.165, 1.54) is 11.1 Å². The monoisotopic (exact) mass is 271 g/mol. The number of rotatable bonds is 5. The maximum atomic E-state index is 4.57. The highest BCUT2D eigenvalue weighted by atomic mass is 15.3. The second-order valence-corrected chi connectivity index (χ2v) is 6.23. The van der Waals surface area contributed by atoms with Crippen LogP contribution in [-0.2, 0) is 18.5 Å². The minimum Gasteiger partial charge on any atom is -0.311 e. The van der Waals surface area contributed by atoms with Gasteiger partial charge >= 0.3 is 0 Å². The zero-order valence-corrected chi connectivity index (χ0v) is 13.0. The van der Waals surface area contributed by atoms with Gasteiger partial charge < -0.3 is 5.32 Å². The van der Waals surface area contributed by atoms with Crippen LogP contribution in [0, 0.1) is 0 Å². The van der Waals surface area contributed by atoms with Crippen molar-refractivity contribution in [3.8, 4) is 0 Å². The van der Waals surface area contributed by atoms with Gasteiger partial charge in [0.05, 0.1) is 12.2 Å². The Balaban J connectivity index is 2.01. The first kappa shape index (κ1) is 14.8. The topological polar surface area (TPSA) is 29.9 Å². The van der Waals surface area contributed by atoms with E-state index in [0.717, 1.165) is 25.3 Å². The molecule has 2 aromatic rings. The van der Waals surface area contributed by atoms with Crippen LogP contribution >= 0.6 is 0 Å². The van der Waals surface area contributed by atoms with Gasteiger partial charge in [-0.1, -0.05) is 52.0 Å². The number of benzene rings is 1. The summed E-state index contributed by atoms with van der Waals surface area (Å²) in [4.78, 5) is 0. The van der Waals surface area contributed by atoms with Crippen molar-refractivity contribution in [2.75, 3.05) is 6.54 Å². The molecule has 0 spiro atoms. The number of aromatic nitrogens is 2. The van der Waals surface area contributed by atoms with Crippen LogP contribution in [0.1, 0.15) is 44.5 Å². The summed E-state index contributed by atoms with van der Waals surface area (Å²) in [6.45, 7) is 11.5. The first-order valence-electron chi connectivity index (χ1n) is 7.31. The van der Waals surface area contributed by atoms with Crippen molar-refractivity contribution < 1.29 is 0 Å². The number of nitrogens with one attached hydrogen (secondary N) is 1. The average Bonchev–Trinajstić information content (AvgIpc) is 2.83. The summed E-state index contributed by atoms with van der Waals surface area (Å²) < 4.78 is 2.00. The molecule has 0 saturated heterocycles. The van der Waals surface area contributed by atoms with E-state index in [2.05, 4.69) is 68.4 Å². The molecule has 108 valence electrons. The van der Waals surface area contributed by atoms with Gasteiger partial charge in [-0.15, -0.1) is 0 Å². The normalized spacial score (nSPS) is 11.8. The van der Waals surface area contributed by atoms with E-state index in [4.69, 9.17) is 0 Å². The Morgan fingerprint density at radius 1 is 1.10 bits per heavy atom. The van der Waals surface area contributed by atoms with E-state index >= 15 is 0 Å². The molecule has 0 aliphatic carbocycles. The van der Waals surface area contributed by atoms with Crippen LogP contribution in [0.5, 0.6) is 0 Å². The third-order valence-corrected chi connectivity index (χ3v) is 3.42. The largest absolute Gasteiger partial charge is 0.311 e. The van der Waals surface area contributed by atoms with Gasteiger partial charge in [0.15, 0.2) is 0 Å². The Bertz CT molecular complexity index is 532. The van der Waals surface area contributed by atoms with Gasteiger partial charge in [-0.3, -0.25) is 4.68 Å². The standard InChI is InChI=1S/C17H25N3/c1-5-18-12-16-10-11-20(19-16)13-14-6-8-15(9-7-14)17(2,3)4/h6-11,18H,5,12-13H2,1-4H3. The van der Waals surface area contributed by atoms with Crippen molar-refractivity contribution in [1.82, 2.24) is 15.1 Å². The second-order valence-electron chi connectivity index (χ2n) is 6.23. The summed E-state index contributed by atoms with van der Waals surface area (Å²) in [5.74, 6) is 0. The van der Waals surface area contributed by atoms with Gasteiger partial charge in [-0.05, 0) is 29.2 Å². The Morgan fingerprint density at radius 3 is 2.40 bits per heavy atom. The molecule has 0 amide bonds. The quantitative estimate of drug-likeness (QED) is 0.904. The van der Waals surface area contributed by atoms with Crippen LogP contribution in [0.25, 0.3) is 0 Å². The van der Waals surface area contributed by atoms with Crippen LogP contribution in [0.15, 0.2) is 36.5 Å². The molecule has 0 fully saturated rings. The van der Waals surface area contributed by atoms with Crippen LogP contribution in [0.3, 0.4) is 0 Å². The Labute approximate surface area is 122 Å². The van der Waals surface area contributed by atoms with Gasteiger partial charge in [0, 0.05) is 12.7 Å². The molecule has 1 N–H and O–H groups in total. The molecule has 1 aromatic carbocycles. The van der Waals surface area contributed by atoms with Gasteiger partial charge in [-0.25, -0.2) is 0 Å². The fourth-order valence-corrected chi connectivity index (χ4v) is 2.14. The zero-order valence-electron chi connectivity index (χ0n) is 13.0. The summed E-state index contributed by atoms with van der Waals surface area (Å²) in [5.41, 5.74) is 3.97. The van der Waals surface area contributed by atoms with Gasteiger partial charge in [0.2, 0.25) is 0 Å². The molecular formula is C17H25N3. The van der Waals surface area contributed by atoms with Crippen LogP contribution in [0.4, 0.5) is 0 Å². The molecule has 0 atom stereocenters. The first-order valence-corrected chi connectivity index (χ1v) is 7.31. The zero-order chi connectivity index (χ0) is 14.6. The van der Waals surface area contributed by atoms with Crippen molar-refractivity contribution in [2.45, 2.75) is 46.2 Å². The predicted molar refractivity (Wildman–Crippen MR) is 83.9 cm³/mol. The van der Waals surface area contributed by atoms with Crippen molar-refractivity contribution in [3.05, 3.63) is 53.3 Å². The highest BCUT2D eigenvalue weighted by Gasteiger charge is 2.12. The van der Waals surface area contributed by atoms with Crippen molar-refractivity contribution in [2.24, 2.45) is 0 Å². The lowest BCUT2D eigenvalue weighted by atomic mass is 9.87. The molecule has 3 heteroatoms. The summed E-state index contributed by atoms with van der Waals surface area (Å²) >= 11 is 0. The minimum absolute atomic E-state index is 0.212. The highest BCUT2D eigenvalue weighted by Crippen LogP contribution is 2.22. The molecule has 20 heavy (non-hydrogen) atoms.